The SMILES string of the molecule is CCNc1cccc(SOOC)c1. The van der Waals surface area contributed by atoms with Gasteiger partial charge in [0, 0.05) is 17.1 Å². The molecule has 1 rings (SSSR count). The van der Waals surface area contributed by atoms with Gasteiger partial charge >= 0.3 is 0 Å². The molecule has 0 heterocycles. The average molecular weight is 199 g/mol. The molecular weight excluding hydrogens is 186 g/mol. The summed E-state index contributed by atoms with van der Waals surface area (Å²) in [6.07, 6.45) is 0. The van der Waals surface area contributed by atoms with Crippen LogP contribution in [0.25, 0.3) is 0 Å². The van der Waals surface area contributed by atoms with Crippen molar-refractivity contribution in [1.29, 1.82) is 0 Å². The zero-order valence-electron chi connectivity index (χ0n) is 7.74. The zero-order chi connectivity index (χ0) is 9.52. The molecule has 0 amide bonds. The van der Waals surface area contributed by atoms with E-state index in [0.29, 0.717) is 0 Å². The second kappa shape index (κ2) is 5.85. The van der Waals surface area contributed by atoms with E-state index in [1.165, 1.54) is 19.2 Å². The first-order valence-electron chi connectivity index (χ1n) is 4.08. The van der Waals surface area contributed by atoms with Gasteiger partial charge in [-0.3, -0.25) is 0 Å². The molecule has 0 aliphatic heterocycles. The van der Waals surface area contributed by atoms with Crippen LogP contribution in [0.2, 0.25) is 0 Å². The van der Waals surface area contributed by atoms with E-state index in [9.17, 15) is 0 Å². The van der Waals surface area contributed by atoms with Crippen LogP contribution < -0.4 is 5.32 Å². The van der Waals surface area contributed by atoms with Gasteiger partial charge in [0.15, 0.2) is 0 Å². The second-order valence-corrected chi connectivity index (χ2v) is 3.15. The largest absolute Gasteiger partial charge is 0.385 e. The van der Waals surface area contributed by atoms with Crippen molar-refractivity contribution in [2.24, 2.45) is 0 Å². The van der Waals surface area contributed by atoms with Crippen molar-refractivity contribution >= 4 is 17.7 Å². The van der Waals surface area contributed by atoms with Gasteiger partial charge in [0.25, 0.3) is 0 Å². The molecule has 0 fully saturated rings. The van der Waals surface area contributed by atoms with Gasteiger partial charge < -0.3 is 5.32 Å². The number of rotatable bonds is 5. The van der Waals surface area contributed by atoms with Crippen LogP contribution in [0.4, 0.5) is 5.69 Å². The summed E-state index contributed by atoms with van der Waals surface area (Å²) in [5.41, 5.74) is 1.09. The molecule has 0 saturated heterocycles. The molecule has 4 heteroatoms. The topological polar surface area (TPSA) is 30.5 Å². The molecule has 0 atom stereocenters. The third kappa shape index (κ3) is 3.67. The average Bonchev–Trinajstić information content (AvgIpc) is 2.16. The molecule has 1 N–H and O–H groups in total. The number of benzene rings is 1. The predicted molar refractivity (Wildman–Crippen MR) is 54.6 cm³/mol. The summed E-state index contributed by atoms with van der Waals surface area (Å²) >= 11 is 1.20. The number of anilines is 1. The molecule has 0 saturated carbocycles. The van der Waals surface area contributed by atoms with E-state index in [2.05, 4.69) is 17.1 Å². The van der Waals surface area contributed by atoms with Crippen LogP contribution >= 0.6 is 12.0 Å². The fourth-order valence-electron chi connectivity index (χ4n) is 0.935. The molecule has 13 heavy (non-hydrogen) atoms. The van der Waals surface area contributed by atoms with Gasteiger partial charge in [0.2, 0.25) is 0 Å². The summed E-state index contributed by atoms with van der Waals surface area (Å²) in [6.45, 7) is 2.98. The third-order valence-corrected chi connectivity index (χ3v) is 2.06. The van der Waals surface area contributed by atoms with Crippen LogP contribution in [0, 0.1) is 0 Å². The van der Waals surface area contributed by atoms with Crippen LogP contribution in [-0.4, -0.2) is 13.7 Å². The van der Waals surface area contributed by atoms with Crippen molar-refractivity contribution in [3.05, 3.63) is 24.3 Å². The fourth-order valence-corrected chi connectivity index (χ4v) is 1.39. The lowest BCUT2D eigenvalue weighted by Crippen LogP contribution is -1.95. The van der Waals surface area contributed by atoms with E-state index in [-0.39, 0.29) is 0 Å². The van der Waals surface area contributed by atoms with Crippen LogP contribution in [0.1, 0.15) is 6.92 Å². The van der Waals surface area contributed by atoms with Crippen molar-refractivity contribution in [1.82, 2.24) is 0 Å². The normalized spacial score (nSPS) is 10.0. The minimum Gasteiger partial charge on any atom is -0.385 e. The molecule has 0 bridgehead atoms. The van der Waals surface area contributed by atoms with Crippen molar-refractivity contribution < 1.29 is 9.22 Å². The summed E-state index contributed by atoms with van der Waals surface area (Å²) in [5, 5.41) is 3.21. The van der Waals surface area contributed by atoms with Gasteiger partial charge in [-0.2, -0.15) is 4.33 Å². The van der Waals surface area contributed by atoms with Crippen LogP contribution in [0.5, 0.6) is 0 Å². The van der Waals surface area contributed by atoms with Crippen LogP contribution in [-0.2, 0) is 9.22 Å². The Labute approximate surface area is 82.6 Å². The van der Waals surface area contributed by atoms with Gasteiger partial charge in [0.05, 0.1) is 19.2 Å². The van der Waals surface area contributed by atoms with E-state index >= 15 is 0 Å². The maximum Gasteiger partial charge on any atom is 0.0725 e. The van der Waals surface area contributed by atoms with Crippen LogP contribution in [0.15, 0.2) is 29.2 Å². The lowest BCUT2D eigenvalue weighted by Gasteiger charge is -2.04. The Morgan fingerprint density at radius 2 is 2.31 bits per heavy atom. The number of hydrogen-bond donors (Lipinski definition) is 1. The summed E-state index contributed by atoms with van der Waals surface area (Å²) in [4.78, 5) is 5.50. The van der Waals surface area contributed by atoms with E-state index in [0.717, 1.165) is 17.1 Å². The van der Waals surface area contributed by atoms with Crippen molar-refractivity contribution in [3.63, 3.8) is 0 Å². The van der Waals surface area contributed by atoms with Gasteiger partial charge in [-0.15, -0.1) is 0 Å². The minimum atomic E-state index is 0.916. The number of hydrogen-bond acceptors (Lipinski definition) is 4. The first-order valence-corrected chi connectivity index (χ1v) is 4.82. The Hall–Kier alpha value is -0.710. The predicted octanol–water partition coefficient (Wildman–Crippen LogP) is 2.70. The van der Waals surface area contributed by atoms with E-state index in [1.54, 1.807) is 0 Å². The molecule has 0 aliphatic rings. The maximum atomic E-state index is 4.74. The minimum absolute atomic E-state index is 0.916. The van der Waals surface area contributed by atoms with Crippen molar-refractivity contribution in [3.8, 4) is 0 Å². The Morgan fingerprint density at radius 3 is 3.00 bits per heavy atom. The highest BCUT2D eigenvalue weighted by molar-refractivity contribution is 7.94. The second-order valence-electron chi connectivity index (χ2n) is 2.38. The smallest absolute Gasteiger partial charge is 0.0725 e. The van der Waals surface area contributed by atoms with E-state index in [1.807, 2.05) is 24.3 Å². The molecule has 1 aromatic rings. The monoisotopic (exact) mass is 199 g/mol. The van der Waals surface area contributed by atoms with Crippen molar-refractivity contribution in [2.75, 3.05) is 19.0 Å². The number of nitrogens with one attached hydrogen (secondary N) is 1. The fraction of sp³-hybridized carbons (Fsp3) is 0.333. The lowest BCUT2D eigenvalue weighted by atomic mass is 10.3. The highest BCUT2D eigenvalue weighted by Crippen LogP contribution is 2.22. The molecule has 0 radical (unpaired) electrons. The Balaban J connectivity index is 2.56. The molecule has 1 aromatic carbocycles. The van der Waals surface area contributed by atoms with Crippen molar-refractivity contribution in [2.45, 2.75) is 11.8 Å². The van der Waals surface area contributed by atoms with Gasteiger partial charge in [0.1, 0.15) is 0 Å². The molecular formula is C9H13NO2S. The Morgan fingerprint density at radius 1 is 1.46 bits per heavy atom. The van der Waals surface area contributed by atoms with E-state index in [4.69, 9.17) is 4.33 Å². The highest BCUT2D eigenvalue weighted by Gasteiger charge is 1.96. The first kappa shape index (κ1) is 10.4. The zero-order valence-corrected chi connectivity index (χ0v) is 8.56. The summed E-state index contributed by atoms with van der Waals surface area (Å²) < 4.78 is 4.74. The van der Waals surface area contributed by atoms with Crippen LogP contribution in [0.3, 0.4) is 0 Å². The quantitative estimate of drug-likeness (QED) is 0.448. The summed E-state index contributed by atoms with van der Waals surface area (Å²) in [7, 11) is 1.49. The van der Waals surface area contributed by atoms with Gasteiger partial charge in [-0.1, -0.05) is 6.07 Å². The highest BCUT2D eigenvalue weighted by atomic mass is 32.2. The van der Waals surface area contributed by atoms with E-state index < -0.39 is 0 Å². The summed E-state index contributed by atoms with van der Waals surface area (Å²) in [5.74, 6) is 0. The summed E-state index contributed by atoms with van der Waals surface area (Å²) in [6, 6.07) is 7.96. The van der Waals surface area contributed by atoms with Gasteiger partial charge in [-0.25, -0.2) is 4.89 Å². The molecule has 0 aromatic heterocycles. The third-order valence-electron chi connectivity index (χ3n) is 1.41. The lowest BCUT2D eigenvalue weighted by molar-refractivity contribution is -0.160. The molecule has 72 valence electrons. The molecule has 0 spiro atoms. The Kier molecular flexibility index (Phi) is 4.67. The van der Waals surface area contributed by atoms with Gasteiger partial charge in [-0.05, 0) is 25.1 Å². The maximum absolute atomic E-state index is 4.74. The first-order chi connectivity index (χ1) is 6.36. The molecule has 3 nitrogen and oxygen atoms in total. The molecule has 0 aliphatic carbocycles. The standard InChI is InChI=1S/C9H13NO2S/c1-3-10-8-5-4-6-9(7-8)13-12-11-2/h4-7,10H,3H2,1-2H3. The molecule has 0 unspecified atom stereocenters. The Bertz CT molecular complexity index is 255.